The minimum absolute atomic E-state index is 0.123. The number of aromatic nitrogens is 1. The summed E-state index contributed by atoms with van der Waals surface area (Å²) >= 11 is 1.45. The van der Waals surface area contributed by atoms with E-state index in [1.807, 2.05) is 26.2 Å². The van der Waals surface area contributed by atoms with E-state index in [1.54, 1.807) is 5.06 Å². The lowest BCUT2D eigenvalue weighted by Gasteiger charge is -2.34. The number of nitrogens with zero attached hydrogens (tertiary/aromatic N) is 2. The van der Waals surface area contributed by atoms with Crippen LogP contribution < -0.4 is 4.74 Å². The lowest BCUT2D eigenvalue weighted by atomic mass is 9.97. The van der Waals surface area contributed by atoms with Gasteiger partial charge >= 0.3 is 12.3 Å². The minimum atomic E-state index is -4.72. The molecule has 0 N–H and O–H groups in total. The number of piperidine rings is 1. The van der Waals surface area contributed by atoms with E-state index in [-0.39, 0.29) is 17.8 Å². The maximum Gasteiger partial charge on any atom is 0.573 e. The normalized spacial score (nSPS) is 18.5. The van der Waals surface area contributed by atoms with Crippen molar-refractivity contribution in [1.29, 1.82) is 0 Å². The zero-order chi connectivity index (χ0) is 21.2. The van der Waals surface area contributed by atoms with Crippen LogP contribution in [0.1, 0.15) is 51.1 Å². The summed E-state index contributed by atoms with van der Waals surface area (Å²) in [5, 5.41) is 4.38. The minimum Gasteiger partial charge on any atom is -0.406 e. The highest BCUT2D eigenvalue weighted by Gasteiger charge is 2.33. The van der Waals surface area contributed by atoms with E-state index < -0.39 is 11.8 Å². The van der Waals surface area contributed by atoms with Gasteiger partial charge in [0.2, 0.25) is 0 Å². The number of hydrogen-bond acceptors (Lipinski definition) is 6. The molecule has 5 nitrogen and oxygen atoms in total. The molecule has 9 heteroatoms. The van der Waals surface area contributed by atoms with E-state index in [0.29, 0.717) is 17.8 Å². The lowest BCUT2D eigenvalue weighted by molar-refractivity contribution is -0.274. The van der Waals surface area contributed by atoms with Crippen molar-refractivity contribution in [2.24, 2.45) is 5.41 Å². The van der Waals surface area contributed by atoms with Gasteiger partial charge in [0.25, 0.3) is 0 Å². The number of carbonyl (C=O) groups excluding carboxylic acids is 1. The molecule has 1 aromatic carbocycles. The molecule has 0 radical (unpaired) electrons. The van der Waals surface area contributed by atoms with Crippen molar-refractivity contribution in [3.63, 3.8) is 0 Å². The first-order valence-corrected chi connectivity index (χ1v) is 10.2. The molecule has 29 heavy (non-hydrogen) atoms. The van der Waals surface area contributed by atoms with Crippen molar-refractivity contribution < 1.29 is 27.5 Å². The number of benzene rings is 1. The predicted octanol–water partition coefficient (Wildman–Crippen LogP) is 5.74. The Morgan fingerprint density at radius 1 is 1.17 bits per heavy atom. The molecule has 1 aliphatic rings. The Labute approximate surface area is 171 Å². The van der Waals surface area contributed by atoms with E-state index in [9.17, 15) is 18.0 Å². The summed E-state index contributed by atoms with van der Waals surface area (Å²) in [6.45, 7) is 6.07. The topological polar surface area (TPSA) is 51.7 Å². The third-order valence-electron chi connectivity index (χ3n) is 4.46. The van der Waals surface area contributed by atoms with Crippen LogP contribution in [0.3, 0.4) is 0 Å². The lowest BCUT2D eigenvalue weighted by Crippen LogP contribution is -2.38. The monoisotopic (exact) mass is 428 g/mol. The van der Waals surface area contributed by atoms with E-state index in [0.717, 1.165) is 24.3 Å². The van der Waals surface area contributed by atoms with Gasteiger partial charge in [-0.05, 0) is 64.3 Å². The van der Waals surface area contributed by atoms with Gasteiger partial charge in [-0.25, -0.2) is 9.78 Å². The number of alkyl halides is 3. The Balaban J connectivity index is 1.74. The summed E-state index contributed by atoms with van der Waals surface area (Å²) in [5.41, 5.74) is 0.753. The van der Waals surface area contributed by atoms with Crippen molar-refractivity contribution in [3.05, 3.63) is 34.7 Å². The molecule has 0 bridgehead atoms. The van der Waals surface area contributed by atoms with Crippen LogP contribution in [0.4, 0.5) is 13.2 Å². The summed E-state index contributed by atoms with van der Waals surface area (Å²) in [6.07, 6.45) is -1.95. The van der Waals surface area contributed by atoms with Gasteiger partial charge in [0.1, 0.15) is 10.8 Å². The average molecular weight is 428 g/mol. The Morgan fingerprint density at radius 3 is 2.48 bits per heavy atom. The molecule has 0 amide bonds. The zero-order valence-electron chi connectivity index (χ0n) is 16.5. The van der Waals surface area contributed by atoms with E-state index >= 15 is 0 Å². The number of hydroxylamine groups is 2. The van der Waals surface area contributed by atoms with Crippen molar-refractivity contribution in [1.82, 2.24) is 10.0 Å². The SMILES string of the molecule is CC(C)(C)C(=O)ON1CCCC[C@@H]1c1nc(-c2ccc(OC(F)(F)F)cc2)cs1. The molecule has 2 aromatic rings. The maximum absolute atomic E-state index is 12.3. The second-order valence-corrected chi connectivity index (χ2v) is 8.81. The van der Waals surface area contributed by atoms with Crippen LogP contribution >= 0.6 is 11.3 Å². The molecular weight excluding hydrogens is 405 g/mol. The quantitative estimate of drug-likeness (QED) is 0.622. The van der Waals surface area contributed by atoms with Crippen LogP contribution in [0.5, 0.6) is 5.75 Å². The maximum atomic E-state index is 12.3. The number of rotatable bonds is 4. The van der Waals surface area contributed by atoms with Gasteiger partial charge in [0.05, 0.1) is 17.2 Å². The first kappa shape index (κ1) is 21.6. The van der Waals surface area contributed by atoms with Gasteiger partial charge < -0.3 is 9.57 Å². The average Bonchev–Trinajstić information content (AvgIpc) is 3.10. The molecule has 1 aliphatic heterocycles. The highest BCUT2D eigenvalue weighted by molar-refractivity contribution is 7.10. The van der Waals surface area contributed by atoms with E-state index in [1.165, 1.54) is 35.6 Å². The molecule has 0 unspecified atom stereocenters. The zero-order valence-corrected chi connectivity index (χ0v) is 17.3. The second kappa shape index (κ2) is 8.31. The molecule has 1 atom stereocenters. The molecular formula is C20H23F3N2O3S. The Kier molecular flexibility index (Phi) is 6.19. The number of carbonyl (C=O) groups is 1. The first-order chi connectivity index (χ1) is 13.5. The fourth-order valence-electron chi connectivity index (χ4n) is 2.91. The van der Waals surface area contributed by atoms with Crippen molar-refractivity contribution in [2.45, 2.75) is 52.4 Å². The summed E-state index contributed by atoms with van der Waals surface area (Å²) < 4.78 is 40.8. The standard InChI is InChI=1S/C20H23F3N2O3S/c1-19(2,3)18(26)28-25-11-5-4-6-16(25)17-24-15(12-29-17)13-7-9-14(10-8-13)27-20(21,22)23/h7-10,12,16H,4-6,11H2,1-3H3/t16-/m1/s1. The van der Waals surface area contributed by atoms with Crippen LogP contribution in [0, 0.1) is 5.41 Å². The smallest absolute Gasteiger partial charge is 0.406 e. The van der Waals surface area contributed by atoms with Crippen LogP contribution in [0.2, 0.25) is 0 Å². The van der Waals surface area contributed by atoms with E-state index in [2.05, 4.69) is 9.72 Å². The van der Waals surface area contributed by atoms with Gasteiger partial charge in [-0.15, -0.1) is 29.6 Å². The summed E-state index contributed by atoms with van der Waals surface area (Å²) in [7, 11) is 0. The summed E-state index contributed by atoms with van der Waals surface area (Å²) in [6, 6.07) is 5.48. The Morgan fingerprint density at radius 2 is 1.86 bits per heavy atom. The third-order valence-corrected chi connectivity index (χ3v) is 5.40. The number of ether oxygens (including phenoxy) is 1. The fourth-order valence-corrected chi connectivity index (χ4v) is 3.87. The molecule has 0 aliphatic carbocycles. The Hall–Kier alpha value is -2.13. The highest BCUT2D eigenvalue weighted by atomic mass is 32.1. The number of thiazole rings is 1. The molecule has 1 fully saturated rings. The second-order valence-electron chi connectivity index (χ2n) is 7.92. The summed E-state index contributed by atoms with van der Waals surface area (Å²) in [4.78, 5) is 22.6. The molecule has 1 aromatic heterocycles. The number of halogens is 3. The van der Waals surface area contributed by atoms with Crippen molar-refractivity contribution >= 4 is 17.3 Å². The molecule has 3 rings (SSSR count). The third kappa shape index (κ3) is 5.70. The van der Waals surface area contributed by atoms with Crippen molar-refractivity contribution in [3.8, 4) is 17.0 Å². The van der Waals surface area contributed by atoms with Crippen LogP contribution in [-0.2, 0) is 9.63 Å². The van der Waals surface area contributed by atoms with Gasteiger partial charge in [-0.2, -0.15) is 0 Å². The highest BCUT2D eigenvalue weighted by Crippen LogP contribution is 2.36. The predicted molar refractivity (Wildman–Crippen MR) is 103 cm³/mol. The molecule has 0 saturated carbocycles. The van der Waals surface area contributed by atoms with E-state index in [4.69, 9.17) is 4.84 Å². The van der Waals surface area contributed by atoms with Gasteiger partial charge in [-0.1, -0.05) is 0 Å². The molecule has 2 heterocycles. The van der Waals surface area contributed by atoms with Crippen LogP contribution in [-0.4, -0.2) is 28.9 Å². The van der Waals surface area contributed by atoms with Gasteiger partial charge in [0, 0.05) is 17.5 Å². The molecule has 0 spiro atoms. The molecule has 158 valence electrons. The van der Waals surface area contributed by atoms with Gasteiger partial charge in [0.15, 0.2) is 0 Å². The van der Waals surface area contributed by atoms with Crippen LogP contribution in [0.15, 0.2) is 29.6 Å². The fraction of sp³-hybridized carbons (Fsp3) is 0.500. The summed E-state index contributed by atoms with van der Waals surface area (Å²) in [5.74, 6) is -0.564. The molecule has 1 saturated heterocycles. The first-order valence-electron chi connectivity index (χ1n) is 9.33. The largest absolute Gasteiger partial charge is 0.573 e. The van der Waals surface area contributed by atoms with Crippen molar-refractivity contribution in [2.75, 3.05) is 6.54 Å². The Bertz CT molecular complexity index is 844. The number of hydrogen-bond donors (Lipinski definition) is 0. The van der Waals surface area contributed by atoms with Crippen LogP contribution in [0.25, 0.3) is 11.3 Å². The van der Waals surface area contributed by atoms with Gasteiger partial charge in [-0.3, -0.25) is 0 Å².